The number of aryl methyl sites for hydroxylation is 1. The molecular formula is C16H17N5O. The fourth-order valence-electron chi connectivity index (χ4n) is 2.40. The highest BCUT2D eigenvalue weighted by atomic mass is 16.1. The number of hydrogen-bond donors (Lipinski definition) is 3. The summed E-state index contributed by atoms with van der Waals surface area (Å²) in [6.07, 6.45) is 2.49. The molecule has 0 atom stereocenters. The fourth-order valence-corrected chi connectivity index (χ4v) is 2.40. The van der Waals surface area contributed by atoms with Crippen LogP contribution < -0.4 is 11.1 Å². The molecule has 2 heterocycles. The number of benzene rings is 1. The third-order valence-electron chi connectivity index (χ3n) is 3.51. The van der Waals surface area contributed by atoms with Crippen molar-refractivity contribution in [3.63, 3.8) is 0 Å². The highest BCUT2D eigenvalue weighted by molar-refractivity contribution is 5.98. The number of H-pyrrole nitrogens is 1. The van der Waals surface area contributed by atoms with Crippen molar-refractivity contribution in [3.8, 4) is 0 Å². The molecule has 1 aromatic carbocycles. The number of rotatable bonds is 4. The monoisotopic (exact) mass is 295 g/mol. The number of carbonyl (C=O) groups excluding carboxylic acids is 1. The average molecular weight is 295 g/mol. The Hall–Kier alpha value is -2.89. The highest BCUT2D eigenvalue weighted by Crippen LogP contribution is 2.20. The molecule has 0 fully saturated rings. The predicted molar refractivity (Wildman–Crippen MR) is 85.3 cm³/mol. The summed E-state index contributed by atoms with van der Waals surface area (Å²) >= 11 is 0. The van der Waals surface area contributed by atoms with Gasteiger partial charge in [0.25, 0.3) is 5.91 Å². The van der Waals surface area contributed by atoms with Crippen molar-refractivity contribution in [1.29, 1.82) is 0 Å². The third kappa shape index (κ3) is 2.76. The first kappa shape index (κ1) is 14.1. The van der Waals surface area contributed by atoms with Crippen molar-refractivity contribution >= 4 is 22.6 Å². The Balaban J connectivity index is 1.77. The molecule has 0 spiro atoms. The summed E-state index contributed by atoms with van der Waals surface area (Å²) < 4.78 is 0. The van der Waals surface area contributed by atoms with E-state index in [0.29, 0.717) is 17.3 Å². The van der Waals surface area contributed by atoms with Crippen LogP contribution in [0.25, 0.3) is 10.9 Å². The van der Waals surface area contributed by atoms with Crippen LogP contribution in [-0.2, 0) is 13.0 Å². The van der Waals surface area contributed by atoms with Gasteiger partial charge >= 0.3 is 0 Å². The second kappa shape index (κ2) is 5.85. The Labute approximate surface area is 127 Å². The zero-order chi connectivity index (χ0) is 15.5. The first-order valence-corrected chi connectivity index (χ1v) is 7.13. The lowest BCUT2D eigenvalue weighted by molar-refractivity contribution is 0.0945. The number of nitrogens with zero attached hydrogens (tertiary/aromatic N) is 2. The van der Waals surface area contributed by atoms with Crippen LogP contribution in [0.1, 0.15) is 28.8 Å². The summed E-state index contributed by atoms with van der Waals surface area (Å²) in [5.41, 5.74) is 8.29. The number of amides is 1. The van der Waals surface area contributed by atoms with Gasteiger partial charge in [0, 0.05) is 17.1 Å². The molecule has 0 aliphatic heterocycles. The number of hydrogen-bond acceptors (Lipinski definition) is 4. The summed E-state index contributed by atoms with van der Waals surface area (Å²) in [7, 11) is 0. The van der Waals surface area contributed by atoms with Crippen LogP contribution in [0.3, 0.4) is 0 Å². The molecule has 0 unspecified atom stereocenters. The van der Waals surface area contributed by atoms with E-state index in [0.717, 1.165) is 17.3 Å². The molecule has 3 aromatic rings. The van der Waals surface area contributed by atoms with E-state index < -0.39 is 0 Å². The maximum Gasteiger partial charge on any atom is 0.268 e. The zero-order valence-corrected chi connectivity index (χ0v) is 12.3. The van der Waals surface area contributed by atoms with Crippen molar-refractivity contribution in [2.45, 2.75) is 19.9 Å². The maximum absolute atomic E-state index is 12.2. The molecule has 0 radical (unpaired) electrons. The van der Waals surface area contributed by atoms with E-state index in [-0.39, 0.29) is 12.5 Å². The maximum atomic E-state index is 12.2. The Kier molecular flexibility index (Phi) is 3.74. The van der Waals surface area contributed by atoms with Crippen molar-refractivity contribution < 1.29 is 4.79 Å². The van der Waals surface area contributed by atoms with E-state index >= 15 is 0 Å². The van der Waals surface area contributed by atoms with Gasteiger partial charge in [-0.2, -0.15) is 0 Å². The molecule has 2 aromatic heterocycles. The van der Waals surface area contributed by atoms with E-state index in [4.69, 9.17) is 5.73 Å². The van der Waals surface area contributed by atoms with Crippen molar-refractivity contribution in [2.24, 2.45) is 0 Å². The molecule has 0 bridgehead atoms. The SMILES string of the molecule is CCc1cccc2[nH]c(C(=O)NCc3nccc(N)n3)cc12. The van der Waals surface area contributed by atoms with Gasteiger partial charge in [-0.25, -0.2) is 9.97 Å². The molecule has 4 N–H and O–H groups in total. The van der Waals surface area contributed by atoms with Crippen LogP contribution in [0.2, 0.25) is 0 Å². The number of nitrogen functional groups attached to an aromatic ring is 1. The standard InChI is InChI=1S/C16H17N5O/c1-2-10-4-3-5-12-11(10)8-13(20-12)16(22)19-9-15-18-7-6-14(17)21-15/h3-8,20H,2,9H2,1H3,(H,19,22)(H2,17,18,21). The van der Waals surface area contributed by atoms with Gasteiger partial charge in [-0.05, 0) is 30.2 Å². The van der Waals surface area contributed by atoms with Crippen LogP contribution in [0.4, 0.5) is 5.82 Å². The molecule has 0 saturated carbocycles. The van der Waals surface area contributed by atoms with Gasteiger partial charge in [-0.1, -0.05) is 19.1 Å². The number of anilines is 1. The lowest BCUT2D eigenvalue weighted by atomic mass is 10.1. The molecule has 6 nitrogen and oxygen atoms in total. The zero-order valence-electron chi connectivity index (χ0n) is 12.3. The van der Waals surface area contributed by atoms with Gasteiger partial charge in [0.05, 0.1) is 6.54 Å². The van der Waals surface area contributed by atoms with Crippen LogP contribution in [0.15, 0.2) is 36.5 Å². The number of fused-ring (bicyclic) bond motifs is 1. The summed E-state index contributed by atoms with van der Waals surface area (Å²) in [5, 5.41) is 3.87. The number of nitrogens with two attached hydrogens (primary N) is 1. The minimum Gasteiger partial charge on any atom is -0.384 e. The van der Waals surface area contributed by atoms with Crippen LogP contribution in [-0.4, -0.2) is 20.9 Å². The van der Waals surface area contributed by atoms with E-state index in [9.17, 15) is 4.79 Å². The topological polar surface area (TPSA) is 96.7 Å². The lowest BCUT2D eigenvalue weighted by Crippen LogP contribution is -2.24. The van der Waals surface area contributed by atoms with Gasteiger partial charge in [-0.3, -0.25) is 4.79 Å². The summed E-state index contributed by atoms with van der Waals surface area (Å²) in [5.74, 6) is 0.681. The normalized spacial score (nSPS) is 10.8. The van der Waals surface area contributed by atoms with Gasteiger partial charge in [0.1, 0.15) is 17.3 Å². The van der Waals surface area contributed by atoms with E-state index in [1.807, 2.05) is 18.2 Å². The molecule has 112 valence electrons. The summed E-state index contributed by atoms with van der Waals surface area (Å²) in [6.45, 7) is 2.33. The molecule has 1 amide bonds. The number of nitrogens with one attached hydrogen (secondary N) is 2. The quantitative estimate of drug-likeness (QED) is 0.686. The largest absolute Gasteiger partial charge is 0.384 e. The fraction of sp³-hybridized carbons (Fsp3) is 0.188. The Morgan fingerprint density at radius 3 is 3.00 bits per heavy atom. The van der Waals surface area contributed by atoms with Gasteiger partial charge in [-0.15, -0.1) is 0 Å². The second-order valence-corrected chi connectivity index (χ2v) is 5.00. The second-order valence-electron chi connectivity index (χ2n) is 5.00. The molecule has 3 rings (SSSR count). The molecule has 0 aliphatic rings. The van der Waals surface area contributed by atoms with Gasteiger partial charge in [0.2, 0.25) is 0 Å². The molecular weight excluding hydrogens is 278 g/mol. The smallest absolute Gasteiger partial charge is 0.268 e. The van der Waals surface area contributed by atoms with Crippen LogP contribution in [0.5, 0.6) is 0 Å². The Morgan fingerprint density at radius 1 is 1.36 bits per heavy atom. The van der Waals surface area contributed by atoms with E-state index in [1.54, 1.807) is 12.3 Å². The lowest BCUT2D eigenvalue weighted by Gasteiger charge is -2.03. The first-order chi connectivity index (χ1) is 10.7. The van der Waals surface area contributed by atoms with Crippen LogP contribution >= 0.6 is 0 Å². The van der Waals surface area contributed by atoms with Crippen molar-refractivity contribution in [3.05, 3.63) is 53.6 Å². The molecule has 22 heavy (non-hydrogen) atoms. The molecule has 0 saturated heterocycles. The Bertz CT molecular complexity index is 824. The van der Waals surface area contributed by atoms with E-state index in [1.165, 1.54) is 5.56 Å². The predicted octanol–water partition coefficient (Wildman–Crippen LogP) is 2.03. The highest BCUT2D eigenvalue weighted by Gasteiger charge is 2.11. The number of aromatic amines is 1. The minimum absolute atomic E-state index is 0.190. The number of carbonyl (C=O) groups is 1. The molecule has 6 heteroatoms. The summed E-state index contributed by atoms with van der Waals surface area (Å²) in [4.78, 5) is 23.5. The van der Waals surface area contributed by atoms with Crippen molar-refractivity contribution in [1.82, 2.24) is 20.3 Å². The summed E-state index contributed by atoms with van der Waals surface area (Å²) in [6, 6.07) is 9.50. The van der Waals surface area contributed by atoms with Crippen molar-refractivity contribution in [2.75, 3.05) is 5.73 Å². The minimum atomic E-state index is -0.190. The van der Waals surface area contributed by atoms with Gasteiger partial charge in [0.15, 0.2) is 0 Å². The number of aromatic nitrogens is 3. The third-order valence-corrected chi connectivity index (χ3v) is 3.51. The van der Waals surface area contributed by atoms with E-state index in [2.05, 4.69) is 33.3 Å². The Morgan fingerprint density at radius 2 is 2.23 bits per heavy atom. The van der Waals surface area contributed by atoms with Gasteiger partial charge < -0.3 is 16.0 Å². The molecule has 0 aliphatic carbocycles. The first-order valence-electron chi connectivity index (χ1n) is 7.13. The average Bonchev–Trinajstić information content (AvgIpc) is 2.96. The van der Waals surface area contributed by atoms with Crippen LogP contribution in [0, 0.1) is 0 Å².